The Bertz CT molecular complexity index is 368. The fraction of sp³-hybridized carbons (Fsp3) is 0.688. The molecule has 0 radical (unpaired) electrons. The van der Waals surface area contributed by atoms with Crippen molar-refractivity contribution in [1.82, 2.24) is 10.3 Å². The zero-order valence-electron chi connectivity index (χ0n) is 13.2. The van der Waals surface area contributed by atoms with Gasteiger partial charge in [0.1, 0.15) is 5.82 Å². The summed E-state index contributed by atoms with van der Waals surface area (Å²) in [5, 5.41) is 3.43. The fourth-order valence-electron chi connectivity index (χ4n) is 2.24. The Morgan fingerprint density at radius 3 is 2.32 bits per heavy atom. The van der Waals surface area contributed by atoms with Crippen molar-refractivity contribution in [3.63, 3.8) is 0 Å². The van der Waals surface area contributed by atoms with Crippen molar-refractivity contribution in [3.8, 4) is 0 Å². The van der Waals surface area contributed by atoms with Crippen LogP contribution < -0.4 is 10.2 Å². The van der Waals surface area contributed by atoms with E-state index in [1.807, 2.05) is 6.20 Å². The van der Waals surface area contributed by atoms with Crippen LogP contribution in [0, 0.1) is 6.92 Å². The molecule has 0 spiro atoms. The Morgan fingerprint density at radius 1 is 1.21 bits per heavy atom. The summed E-state index contributed by atoms with van der Waals surface area (Å²) in [7, 11) is 0. The van der Waals surface area contributed by atoms with Gasteiger partial charge < -0.3 is 10.2 Å². The van der Waals surface area contributed by atoms with Crippen molar-refractivity contribution in [2.45, 2.75) is 60.0 Å². The molecule has 0 saturated carbocycles. The van der Waals surface area contributed by atoms with Crippen molar-refractivity contribution in [1.29, 1.82) is 0 Å². The van der Waals surface area contributed by atoms with E-state index in [0.29, 0.717) is 6.04 Å². The first-order valence-electron chi connectivity index (χ1n) is 7.52. The van der Waals surface area contributed by atoms with E-state index in [4.69, 9.17) is 0 Å². The Labute approximate surface area is 118 Å². The predicted molar refractivity (Wildman–Crippen MR) is 83.7 cm³/mol. The summed E-state index contributed by atoms with van der Waals surface area (Å²) in [5.41, 5.74) is 2.55. The van der Waals surface area contributed by atoms with Gasteiger partial charge in [-0.2, -0.15) is 0 Å². The SMILES string of the molecule is CCCN(CCC)c1ncc(CNC(C)C)cc1C. The van der Waals surface area contributed by atoms with E-state index < -0.39 is 0 Å². The zero-order valence-corrected chi connectivity index (χ0v) is 13.2. The molecular weight excluding hydrogens is 234 g/mol. The van der Waals surface area contributed by atoms with Crippen LogP contribution in [-0.2, 0) is 6.54 Å². The van der Waals surface area contributed by atoms with Crippen molar-refractivity contribution >= 4 is 5.82 Å². The highest BCUT2D eigenvalue weighted by molar-refractivity contribution is 5.47. The van der Waals surface area contributed by atoms with Crippen molar-refractivity contribution in [2.75, 3.05) is 18.0 Å². The molecule has 0 aliphatic rings. The molecule has 0 bridgehead atoms. The third kappa shape index (κ3) is 5.19. The lowest BCUT2D eigenvalue weighted by Crippen LogP contribution is -2.27. The van der Waals surface area contributed by atoms with Crippen LogP contribution in [0.3, 0.4) is 0 Å². The number of hydrogen-bond acceptors (Lipinski definition) is 3. The lowest BCUT2D eigenvalue weighted by molar-refractivity contribution is 0.587. The molecule has 0 aliphatic heterocycles. The normalized spacial score (nSPS) is 11.1. The summed E-state index contributed by atoms with van der Waals surface area (Å²) >= 11 is 0. The van der Waals surface area contributed by atoms with Crippen LogP contribution in [0.5, 0.6) is 0 Å². The highest BCUT2D eigenvalue weighted by Crippen LogP contribution is 2.18. The van der Waals surface area contributed by atoms with Gasteiger partial charge in [-0.3, -0.25) is 0 Å². The molecule has 3 nitrogen and oxygen atoms in total. The highest BCUT2D eigenvalue weighted by Gasteiger charge is 2.09. The molecule has 1 aromatic heterocycles. The summed E-state index contributed by atoms with van der Waals surface area (Å²) in [6.07, 6.45) is 4.34. The van der Waals surface area contributed by atoms with E-state index >= 15 is 0 Å². The Morgan fingerprint density at radius 2 is 1.84 bits per heavy atom. The first-order chi connectivity index (χ1) is 9.08. The summed E-state index contributed by atoms with van der Waals surface area (Å²) in [6, 6.07) is 2.77. The van der Waals surface area contributed by atoms with Gasteiger partial charge in [-0.25, -0.2) is 4.98 Å². The molecular formula is C16H29N3. The van der Waals surface area contributed by atoms with Gasteiger partial charge in [0.15, 0.2) is 0 Å². The van der Waals surface area contributed by atoms with Crippen LogP contribution in [-0.4, -0.2) is 24.1 Å². The highest BCUT2D eigenvalue weighted by atomic mass is 15.2. The van der Waals surface area contributed by atoms with Crippen LogP contribution in [0.25, 0.3) is 0 Å². The molecule has 0 aromatic carbocycles. The average Bonchev–Trinajstić information content (AvgIpc) is 2.36. The molecule has 19 heavy (non-hydrogen) atoms. The van der Waals surface area contributed by atoms with Crippen LogP contribution >= 0.6 is 0 Å². The monoisotopic (exact) mass is 263 g/mol. The van der Waals surface area contributed by atoms with Crippen LogP contribution in [0.15, 0.2) is 12.3 Å². The van der Waals surface area contributed by atoms with E-state index in [0.717, 1.165) is 38.3 Å². The fourth-order valence-corrected chi connectivity index (χ4v) is 2.24. The third-order valence-corrected chi connectivity index (χ3v) is 3.11. The molecule has 0 unspecified atom stereocenters. The second-order valence-electron chi connectivity index (χ2n) is 5.51. The molecule has 0 aliphatic carbocycles. The molecule has 1 aromatic rings. The summed E-state index contributed by atoms with van der Waals surface area (Å²) in [6.45, 7) is 14.0. The minimum absolute atomic E-state index is 0.511. The molecule has 0 atom stereocenters. The maximum Gasteiger partial charge on any atom is 0.131 e. The minimum Gasteiger partial charge on any atom is -0.356 e. The van der Waals surface area contributed by atoms with Gasteiger partial charge in [-0.15, -0.1) is 0 Å². The van der Waals surface area contributed by atoms with Gasteiger partial charge in [0.2, 0.25) is 0 Å². The number of pyridine rings is 1. The van der Waals surface area contributed by atoms with E-state index in [1.165, 1.54) is 11.1 Å². The number of anilines is 1. The second kappa shape index (κ2) is 8.16. The van der Waals surface area contributed by atoms with Crippen LogP contribution in [0.2, 0.25) is 0 Å². The van der Waals surface area contributed by atoms with Gasteiger partial charge in [-0.1, -0.05) is 27.7 Å². The molecule has 1 rings (SSSR count). The van der Waals surface area contributed by atoms with Gasteiger partial charge in [0.25, 0.3) is 0 Å². The van der Waals surface area contributed by atoms with Gasteiger partial charge in [-0.05, 0) is 37.0 Å². The van der Waals surface area contributed by atoms with E-state index in [-0.39, 0.29) is 0 Å². The molecule has 108 valence electrons. The largest absolute Gasteiger partial charge is 0.356 e. The molecule has 1 N–H and O–H groups in total. The molecule has 1 heterocycles. The number of aryl methyl sites for hydroxylation is 1. The molecule has 0 amide bonds. The molecule has 0 saturated heterocycles. The number of nitrogens with one attached hydrogen (secondary N) is 1. The summed E-state index contributed by atoms with van der Waals surface area (Å²) < 4.78 is 0. The average molecular weight is 263 g/mol. The first kappa shape index (κ1) is 16.0. The third-order valence-electron chi connectivity index (χ3n) is 3.11. The standard InChI is InChI=1S/C16H29N3/c1-6-8-19(9-7-2)16-14(5)10-15(12-18-16)11-17-13(3)4/h10,12-13,17H,6-9,11H2,1-5H3. The summed E-state index contributed by atoms with van der Waals surface area (Å²) in [4.78, 5) is 7.08. The second-order valence-corrected chi connectivity index (χ2v) is 5.51. The molecule has 3 heteroatoms. The topological polar surface area (TPSA) is 28.2 Å². The maximum absolute atomic E-state index is 4.68. The molecule has 0 fully saturated rings. The number of nitrogens with zero attached hydrogens (tertiary/aromatic N) is 2. The zero-order chi connectivity index (χ0) is 14.3. The Hall–Kier alpha value is -1.09. The summed E-state index contributed by atoms with van der Waals surface area (Å²) in [5.74, 6) is 1.15. The van der Waals surface area contributed by atoms with Gasteiger partial charge >= 0.3 is 0 Å². The minimum atomic E-state index is 0.511. The number of aromatic nitrogens is 1. The van der Waals surface area contributed by atoms with Crippen molar-refractivity contribution in [2.24, 2.45) is 0 Å². The van der Waals surface area contributed by atoms with Crippen LogP contribution in [0.4, 0.5) is 5.82 Å². The number of rotatable bonds is 8. The quantitative estimate of drug-likeness (QED) is 0.778. The van der Waals surface area contributed by atoms with E-state index in [2.05, 4.69) is 55.9 Å². The van der Waals surface area contributed by atoms with Crippen molar-refractivity contribution < 1.29 is 0 Å². The van der Waals surface area contributed by atoms with E-state index in [9.17, 15) is 0 Å². The maximum atomic E-state index is 4.68. The lowest BCUT2D eigenvalue weighted by atomic mass is 10.2. The smallest absolute Gasteiger partial charge is 0.131 e. The van der Waals surface area contributed by atoms with Crippen LogP contribution in [0.1, 0.15) is 51.7 Å². The van der Waals surface area contributed by atoms with E-state index in [1.54, 1.807) is 0 Å². The number of hydrogen-bond donors (Lipinski definition) is 1. The lowest BCUT2D eigenvalue weighted by Gasteiger charge is -2.24. The van der Waals surface area contributed by atoms with Crippen molar-refractivity contribution in [3.05, 3.63) is 23.4 Å². The first-order valence-corrected chi connectivity index (χ1v) is 7.52. The van der Waals surface area contributed by atoms with Gasteiger partial charge in [0.05, 0.1) is 0 Å². The van der Waals surface area contributed by atoms with Gasteiger partial charge in [0, 0.05) is 31.9 Å². The predicted octanol–water partition coefficient (Wildman–Crippen LogP) is 3.51. The Balaban J connectivity index is 2.79. The Kier molecular flexibility index (Phi) is 6.85.